The molecule has 0 aliphatic carbocycles. The second-order valence-corrected chi connectivity index (χ2v) is 3.69. The number of benzene rings is 1. The van der Waals surface area contributed by atoms with Crippen molar-refractivity contribution in [3.63, 3.8) is 0 Å². The molecule has 0 spiro atoms. The van der Waals surface area contributed by atoms with Crippen LogP contribution < -0.4 is 4.74 Å². The molecular weight excluding hydrogens is 214 g/mol. The number of nitrogens with one attached hydrogen (secondary N) is 1. The number of imidazole rings is 1. The Balaban J connectivity index is 2.07. The molecule has 0 aliphatic heterocycles. The third-order valence-electron chi connectivity index (χ3n) is 2.61. The average Bonchev–Trinajstić information content (AvgIpc) is 2.82. The van der Waals surface area contributed by atoms with E-state index in [1.807, 2.05) is 36.4 Å². The fourth-order valence-corrected chi connectivity index (χ4v) is 1.73. The third kappa shape index (κ3) is 1.73. The fourth-order valence-electron chi connectivity index (χ4n) is 1.73. The van der Waals surface area contributed by atoms with Crippen LogP contribution >= 0.6 is 0 Å². The van der Waals surface area contributed by atoms with Crippen molar-refractivity contribution in [3.8, 4) is 17.3 Å². The summed E-state index contributed by atoms with van der Waals surface area (Å²) in [6.07, 6.45) is 1.75. The lowest BCUT2D eigenvalue weighted by Gasteiger charge is -1.98. The van der Waals surface area contributed by atoms with Gasteiger partial charge in [0.25, 0.3) is 0 Å². The number of pyridine rings is 1. The lowest BCUT2D eigenvalue weighted by Crippen LogP contribution is -1.87. The minimum absolute atomic E-state index is 0.602. The summed E-state index contributed by atoms with van der Waals surface area (Å²) < 4.78 is 5.02. The van der Waals surface area contributed by atoms with Gasteiger partial charge in [-0.1, -0.05) is 12.1 Å². The molecule has 2 aromatic heterocycles. The van der Waals surface area contributed by atoms with E-state index in [2.05, 4.69) is 15.0 Å². The van der Waals surface area contributed by atoms with Gasteiger partial charge in [0.1, 0.15) is 5.82 Å². The molecule has 2 heterocycles. The Kier molecular flexibility index (Phi) is 2.26. The number of aromatic nitrogens is 3. The average molecular weight is 225 g/mol. The highest BCUT2D eigenvalue weighted by Crippen LogP contribution is 2.20. The van der Waals surface area contributed by atoms with Gasteiger partial charge in [0.05, 0.1) is 18.1 Å². The Hall–Kier alpha value is -2.36. The van der Waals surface area contributed by atoms with Gasteiger partial charge in [-0.05, 0) is 18.2 Å². The monoisotopic (exact) mass is 225 g/mol. The number of hydrogen-bond acceptors (Lipinski definition) is 3. The standard InChI is InChI=1S/C13H11N3O/c1-17-12-7-6-9(8-14-12)13-15-10-4-2-3-5-11(10)16-13/h2-8H,1H3,(H,15,16). The number of rotatable bonds is 2. The number of para-hydroxylation sites is 2. The summed E-state index contributed by atoms with van der Waals surface area (Å²) in [7, 11) is 1.60. The van der Waals surface area contributed by atoms with Crippen LogP contribution in [0.25, 0.3) is 22.4 Å². The molecule has 84 valence electrons. The molecule has 0 bridgehead atoms. The topological polar surface area (TPSA) is 50.8 Å². The van der Waals surface area contributed by atoms with E-state index in [-0.39, 0.29) is 0 Å². The van der Waals surface area contributed by atoms with Crippen molar-refractivity contribution in [3.05, 3.63) is 42.6 Å². The van der Waals surface area contributed by atoms with Crippen molar-refractivity contribution in [1.82, 2.24) is 15.0 Å². The van der Waals surface area contributed by atoms with Crippen LogP contribution in [-0.4, -0.2) is 22.1 Å². The van der Waals surface area contributed by atoms with Crippen molar-refractivity contribution in [2.45, 2.75) is 0 Å². The van der Waals surface area contributed by atoms with Gasteiger partial charge in [0, 0.05) is 17.8 Å². The second kappa shape index (κ2) is 3.90. The molecule has 4 nitrogen and oxygen atoms in total. The molecule has 0 fully saturated rings. The first-order valence-electron chi connectivity index (χ1n) is 5.32. The number of H-pyrrole nitrogens is 1. The van der Waals surface area contributed by atoms with Crippen LogP contribution in [0.4, 0.5) is 0 Å². The van der Waals surface area contributed by atoms with Gasteiger partial charge in [-0.15, -0.1) is 0 Å². The molecule has 1 N–H and O–H groups in total. The molecule has 0 amide bonds. The van der Waals surface area contributed by atoms with Crippen molar-refractivity contribution < 1.29 is 4.74 Å². The molecular formula is C13H11N3O. The van der Waals surface area contributed by atoms with E-state index in [9.17, 15) is 0 Å². The summed E-state index contributed by atoms with van der Waals surface area (Å²) in [4.78, 5) is 11.9. The van der Waals surface area contributed by atoms with Crippen molar-refractivity contribution >= 4 is 11.0 Å². The maximum atomic E-state index is 5.02. The fraction of sp³-hybridized carbons (Fsp3) is 0.0769. The number of fused-ring (bicyclic) bond motifs is 1. The zero-order valence-corrected chi connectivity index (χ0v) is 9.34. The number of hydrogen-bond donors (Lipinski definition) is 1. The maximum Gasteiger partial charge on any atom is 0.212 e. The molecule has 4 heteroatoms. The van der Waals surface area contributed by atoms with Crippen LogP contribution in [0.5, 0.6) is 5.88 Å². The predicted molar refractivity (Wildman–Crippen MR) is 65.9 cm³/mol. The molecule has 1 aromatic carbocycles. The van der Waals surface area contributed by atoms with E-state index < -0.39 is 0 Å². The Morgan fingerprint density at radius 1 is 1.12 bits per heavy atom. The molecule has 0 atom stereocenters. The first-order valence-corrected chi connectivity index (χ1v) is 5.32. The zero-order valence-electron chi connectivity index (χ0n) is 9.34. The van der Waals surface area contributed by atoms with Crippen LogP contribution in [0.1, 0.15) is 0 Å². The molecule has 0 unspecified atom stereocenters. The van der Waals surface area contributed by atoms with E-state index in [0.717, 1.165) is 22.4 Å². The Morgan fingerprint density at radius 3 is 2.71 bits per heavy atom. The number of ether oxygens (including phenoxy) is 1. The number of nitrogens with zero attached hydrogens (tertiary/aromatic N) is 2. The lowest BCUT2D eigenvalue weighted by atomic mass is 10.3. The smallest absolute Gasteiger partial charge is 0.212 e. The third-order valence-corrected chi connectivity index (χ3v) is 2.61. The highest BCUT2D eigenvalue weighted by atomic mass is 16.5. The van der Waals surface area contributed by atoms with Crippen molar-refractivity contribution in [2.24, 2.45) is 0 Å². The van der Waals surface area contributed by atoms with Gasteiger partial charge in [0.15, 0.2) is 0 Å². The van der Waals surface area contributed by atoms with E-state index >= 15 is 0 Å². The first kappa shape index (κ1) is 9.84. The Labute approximate surface area is 98.3 Å². The number of aromatic amines is 1. The molecule has 0 saturated carbocycles. The van der Waals surface area contributed by atoms with E-state index in [1.54, 1.807) is 13.3 Å². The summed E-state index contributed by atoms with van der Waals surface area (Å²) in [5.41, 5.74) is 2.93. The van der Waals surface area contributed by atoms with Crippen molar-refractivity contribution in [2.75, 3.05) is 7.11 Å². The Morgan fingerprint density at radius 2 is 2.00 bits per heavy atom. The molecule has 3 aromatic rings. The quantitative estimate of drug-likeness (QED) is 0.729. The van der Waals surface area contributed by atoms with Crippen LogP contribution in [0.2, 0.25) is 0 Å². The number of methoxy groups -OCH3 is 1. The van der Waals surface area contributed by atoms with Gasteiger partial charge in [-0.25, -0.2) is 9.97 Å². The summed E-state index contributed by atoms with van der Waals surface area (Å²) in [5.74, 6) is 1.42. The van der Waals surface area contributed by atoms with E-state index in [4.69, 9.17) is 4.74 Å². The van der Waals surface area contributed by atoms with E-state index in [0.29, 0.717) is 5.88 Å². The highest BCUT2D eigenvalue weighted by molar-refractivity contribution is 5.79. The largest absolute Gasteiger partial charge is 0.481 e. The predicted octanol–water partition coefficient (Wildman–Crippen LogP) is 2.63. The summed E-state index contributed by atoms with van der Waals surface area (Å²) in [6.45, 7) is 0. The highest BCUT2D eigenvalue weighted by Gasteiger charge is 2.05. The molecule has 3 rings (SSSR count). The minimum Gasteiger partial charge on any atom is -0.481 e. The second-order valence-electron chi connectivity index (χ2n) is 3.69. The van der Waals surface area contributed by atoms with Gasteiger partial charge in [-0.3, -0.25) is 0 Å². The molecule has 0 aliphatic rings. The zero-order chi connectivity index (χ0) is 11.7. The SMILES string of the molecule is COc1ccc(-c2nc3ccccc3[nH]2)cn1. The van der Waals surface area contributed by atoms with Gasteiger partial charge >= 0.3 is 0 Å². The van der Waals surface area contributed by atoms with Gasteiger partial charge in [-0.2, -0.15) is 0 Å². The summed E-state index contributed by atoms with van der Waals surface area (Å²) in [6, 6.07) is 11.7. The van der Waals surface area contributed by atoms with Gasteiger partial charge in [0.2, 0.25) is 5.88 Å². The summed E-state index contributed by atoms with van der Waals surface area (Å²) in [5, 5.41) is 0. The first-order chi connectivity index (χ1) is 8.36. The normalized spacial score (nSPS) is 10.6. The summed E-state index contributed by atoms with van der Waals surface area (Å²) >= 11 is 0. The van der Waals surface area contributed by atoms with Gasteiger partial charge < -0.3 is 9.72 Å². The van der Waals surface area contributed by atoms with Crippen LogP contribution in [0.15, 0.2) is 42.6 Å². The van der Waals surface area contributed by atoms with Crippen molar-refractivity contribution in [1.29, 1.82) is 0 Å². The van der Waals surface area contributed by atoms with E-state index in [1.165, 1.54) is 0 Å². The lowest BCUT2D eigenvalue weighted by molar-refractivity contribution is 0.398. The Bertz CT molecular complexity index is 610. The molecule has 0 radical (unpaired) electrons. The van der Waals surface area contributed by atoms with Crippen LogP contribution in [-0.2, 0) is 0 Å². The maximum absolute atomic E-state index is 5.02. The van der Waals surface area contributed by atoms with Crippen LogP contribution in [0, 0.1) is 0 Å². The van der Waals surface area contributed by atoms with Crippen LogP contribution in [0.3, 0.4) is 0 Å². The molecule has 0 saturated heterocycles. The minimum atomic E-state index is 0.602. The molecule has 17 heavy (non-hydrogen) atoms.